The number of methoxy groups -OCH3 is 1. The zero-order chi connectivity index (χ0) is 13.0. The van der Waals surface area contributed by atoms with Crippen molar-refractivity contribution in [2.75, 3.05) is 32.1 Å². The fourth-order valence-electron chi connectivity index (χ4n) is 2.34. The van der Waals surface area contributed by atoms with E-state index in [-0.39, 0.29) is 5.60 Å². The van der Waals surface area contributed by atoms with Gasteiger partial charge in [-0.2, -0.15) is 0 Å². The number of likely N-dealkylation sites (tertiary alicyclic amines) is 1. The van der Waals surface area contributed by atoms with Gasteiger partial charge in [0.1, 0.15) is 5.01 Å². The molecule has 0 spiro atoms. The van der Waals surface area contributed by atoms with Crippen LogP contribution >= 0.6 is 11.3 Å². The summed E-state index contributed by atoms with van der Waals surface area (Å²) in [6.45, 7) is 8.11. The molecule has 0 bridgehead atoms. The van der Waals surface area contributed by atoms with Crippen LogP contribution in [0.5, 0.6) is 0 Å². The number of nitrogens with zero attached hydrogens (tertiary/aromatic N) is 3. The Morgan fingerprint density at radius 3 is 3.06 bits per heavy atom. The zero-order valence-electron chi connectivity index (χ0n) is 11.4. The largest absolute Gasteiger partial charge is 0.377 e. The molecule has 0 radical (unpaired) electrons. The molecule has 0 saturated carbocycles. The van der Waals surface area contributed by atoms with Crippen molar-refractivity contribution in [2.24, 2.45) is 0 Å². The summed E-state index contributed by atoms with van der Waals surface area (Å²) in [6, 6.07) is 0. The van der Waals surface area contributed by atoms with E-state index in [0.29, 0.717) is 0 Å². The van der Waals surface area contributed by atoms with Crippen LogP contribution in [0, 0.1) is 0 Å². The van der Waals surface area contributed by atoms with Gasteiger partial charge in [-0.05, 0) is 33.2 Å². The van der Waals surface area contributed by atoms with Gasteiger partial charge in [-0.25, -0.2) is 0 Å². The lowest BCUT2D eigenvalue weighted by atomic mass is 9.95. The van der Waals surface area contributed by atoms with Crippen LogP contribution in [0.25, 0.3) is 0 Å². The van der Waals surface area contributed by atoms with E-state index in [1.54, 1.807) is 18.4 Å². The third-order valence-electron chi connectivity index (χ3n) is 3.38. The Hall–Kier alpha value is -0.720. The van der Waals surface area contributed by atoms with Crippen LogP contribution in [-0.2, 0) is 11.3 Å². The lowest BCUT2D eigenvalue weighted by Crippen LogP contribution is -2.46. The fraction of sp³-hybridized carbons (Fsp3) is 0.833. The smallest absolute Gasteiger partial charge is 0.205 e. The molecule has 0 amide bonds. The molecule has 1 unspecified atom stereocenters. The molecule has 18 heavy (non-hydrogen) atoms. The number of ether oxygens (including phenoxy) is 1. The van der Waals surface area contributed by atoms with Crippen LogP contribution < -0.4 is 5.32 Å². The van der Waals surface area contributed by atoms with Crippen molar-refractivity contribution < 1.29 is 4.74 Å². The molecule has 1 fully saturated rings. The normalized spacial score (nSPS) is 25.3. The van der Waals surface area contributed by atoms with Gasteiger partial charge in [0, 0.05) is 20.2 Å². The van der Waals surface area contributed by atoms with E-state index in [1.165, 1.54) is 6.42 Å². The first kappa shape index (κ1) is 13.7. The fourth-order valence-corrected chi connectivity index (χ4v) is 3.19. The number of anilines is 1. The predicted octanol–water partition coefficient (Wildman–Crippen LogP) is 1.97. The van der Waals surface area contributed by atoms with Gasteiger partial charge >= 0.3 is 0 Å². The van der Waals surface area contributed by atoms with E-state index >= 15 is 0 Å². The molecule has 1 N–H and O–H groups in total. The molecule has 1 aliphatic rings. The molecule has 6 heteroatoms. The van der Waals surface area contributed by atoms with Gasteiger partial charge in [0.05, 0.1) is 12.1 Å². The standard InChI is InChI=1S/C12H22N4OS/c1-4-13-11-15-14-10(18-11)8-16-7-5-6-12(2,9-16)17-3/h4-9H2,1-3H3,(H,13,15). The van der Waals surface area contributed by atoms with Crippen LogP contribution in [0.2, 0.25) is 0 Å². The Balaban J connectivity index is 1.92. The third-order valence-corrected chi connectivity index (χ3v) is 4.25. The minimum atomic E-state index is -0.00651. The molecule has 1 aliphatic heterocycles. The van der Waals surface area contributed by atoms with Gasteiger partial charge in [-0.3, -0.25) is 4.90 Å². The van der Waals surface area contributed by atoms with Crippen molar-refractivity contribution in [2.45, 2.75) is 38.8 Å². The van der Waals surface area contributed by atoms with Crippen LogP contribution in [-0.4, -0.2) is 47.4 Å². The SMILES string of the molecule is CCNc1nnc(CN2CCCC(C)(OC)C2)s1. The maximum Gasteiger partial charge on any atom is 0.205 e. The monoisotopic (exact) mass is 270 g/mol. The number of hydrogen-bond donors (Lipinski definition) is 1. The highest BCUT2D eigenvalue weighted by atomic mass is 32.1. The molecule has 2 rings (SSSR count). The Kier molecular flexibility index (Phi) is 4.53. The van der Waals surface area contributed by atoms with Gasteiger partial charge < -0.3 is 10.1 Å². The number of rotatable bonds is 5. The zero-order valence-corrected chi connectivity index (χ0v) is 12.2. The highest BCUT2D eigenvalue weighted by Gasteiger charge is 2.30. The summed E-state index contributed by atoms with van der Waals surface area (Å²) in [7, 11) is 1.80. The molecule has 102 valence electrons. The number of nitrogens with one attached hydrogen (secondary N) is 1. The van der Waals surface area contributed by atoms with E-state index in [9.17, 15) is 0 Å². The molecule has 1 aromatic rings. The quantitative estimate of drug-likeness (QED) is 0.886. The first-order valence-electron chi connectivity index (χ1n) is 6.49. The van der Waals surface area contributed by atoms with E-state index in [0.717, 1.165) is 42.7 Å². The van der Waals surface area contributed by atoms with Crippen LogP contribution in [0.15, 0.2) is 0 Å². The summed E-state index contributed by atoms with van der Waals surface area (Å²) in [5.74, 6) is 0. The summed E-state index contributed by atoms with van der Waals surface area (Å²) in [5, 5.41) is 13.5. The molecule has 1 atom stereocenters. The Morgan fingerprint density at radius 1 is 1.50 bits per heavy atom. The molecule has 1 aromatic heterocycles. The highest BCUT2D eigenvalue weighted by Crippen LogP contribution is 2.26. The summed E-state index contributed by atoms with van der Waals surface area (Å²) >= 11 is 1.64. The number of aromatic nitrogens is 2. The molecule has 2 heterocycles. The van der Waals surface area contributed by atoms with Crippen molar-refractivity contribution >= 4 is 16.5 Å². The maximum atomic E-state index is 5.60. The van der Waals surface area contributed by atoms with Gasteiger partial charge in [0.15, 0.2) is 0 Å². The predicted molar refractivity (Wildman–Crippen MR) is 74.0 cm³/mol. The average Bonchev–Trinajstić information content (AvgIpc) is 2.77. The van der Waals surface area contributed by atoms with E-state index < -0.39 is 0 Å². The lowest BCUT2D eigenvalue weighted by molar-refractivity contribution is -0.0527. The molecular weight excluding hydrogens is 248 g/mol. The van der Waals surface area contributed by atoms with Crippen molar-refractivity contribution in [3.05, 3.63) is 5.01 Å². The molecule has 0 aromatic carbocycles. The first-order valence-corrected chi connectivity index (χ1v) is 7.30. The van der Waals surface area contributed by atoms with Crippen molar-refractivity contribution in [1.82, 2.24) is 15.1 Å². The summed E-state index contributed by atoms with van der Waals surface area (Å²) in [6.07, 6.45) is 2.32. The van der Waals surface area contributed by atoms with E-state index in [1.807, 2.05) is 0 Å². The van der Waals surface area contributed by atoms with E-state index in [4.69, 9.17) is 4.74 Å². The average molecular weight is 270 g/mol. The Bertz CT molecular complexity index is 384. The minimum Gasteiger partial charge on any atom is -0.377 e. The van der Waals surface area contributed by atoms with Crippen LogP contribution in [0.1, 0.15) is 31.7 Å². The number of hydrogen-bond acceptors (Lipinski definition) is 6. The molecular formula is C12H22N4OS. The minimum absolute atomic E-state index is 0.00651. The Labute approximate surface area is 113 Å². The van der Waals surface area contributed by atoms with Crippen molar-refractivity contribution in [3.63, 3.8) is 0 Å². The van der Waals surface area contributed by atoms with Crippen LogP contribution in [0.4, 0.5) is 5.13 Å². The van der Waals surface area contributed by atoms with Crippen molar-refractivity contribution in [1.29, 1.82) is 0 Å². The Morgan fingerprint density at radius 2 is 2.33 bits per heavy atom. The summed E-state index contributed by atoms with van der Waals surface area (Å²) in [4.78, 5) is 2.41. The second-order valence-electron chi connectivity index (χ2n) is 5.00. The van der Waals surface area contributed by atoms with Gasteiger partial charge in [0.25, 0.3) is 0 Å². The van der Waals surface area contributed by atoms with Gasteiger partial charge in [-0.15, -0.1) is 10.2 Å². The topological polar surface area (TPSA) is 50.3 Å². The molecule has 5 nitrogen and oxygen atoms in total. The second kappa shape index (κ2) is 5.95. The first-order chi connectivity index (χ1) is 8.65. The molecule has 1 saturated heterocycles. The van der Waals surface area contributed by atoms with E-state index in [2.05, 4.69) is 34.3 Å². The van der Waals surface area contributed by atoms with Gasteiger partial charge in [0.2, 0.25) is 5.13 Å². The highest BCUT2D eigenvalue weighted by molar-refractivity contribution is 7.15. The third kappa shape index (κ3) is 3.40. The van der Waals surface area contributed by atoms with Crippen LogP contribution in [0.3, 0.4) is 0 Å². The second-order valence-corrected chi connectivity index (χ2v) is 6.06. The molecule has 0 aliphatic carbocycles. The number of piperidine rings is 1. The van der Waals surface area contributed by atoms with Crippen molar-refractivity contribution in [3.8, 4) is 0 Å². The maximum absolute atomic E-state index is 5.60. The summed E-state index contributed by atoms with van der Waals surface area (Å²) in [5.41, 5.74) is -0.00651. The lowest BCUT2D eigenvalue weighted by Gasteiger charge is -2.39. The summed E-state index contributed by atoms with van der Waals surface area (Å²) < 4.78 is 5.60. The van der Waals surface area contributed by atoms with Gasteiger partial charge in [-0.1, -0.05) is 11.3 Å².